The fraction of sp³-hybridized carbons (Fsp3) is 0.533. The molecular weight excluding hydrogens is 258 g/mol. The Kier molecular flexibility index (Phi) is 4.88. The maximum atomic E-state index is 12.3. The zero-order valence-electron chi connectivity index (χ0n) is 11.5. The van der Waals surface area contributed by atoms with E-state index in [9.17, 15) is 9.90 Å². The van der Waals surface area contributed by atoms with Crippen LogP contribution in [0.15, 0.2) is 23.1 Å². The Balaban J connectivity index is 2.11. The molecule has 1 aliphatic carbocycles. The molecule has 0 radical (unpaired) electrons. The summed E-state index contributed by atoms with van der Waals surface area (Å²) in [6.07, 6.45) is 5.06. The maximum absolute atomic E-state index is 12.3. The number of rotatable bonds is 4. The summed E-state index contributed by atoms with van der Waals surface area (Å²) >= 11 is 1.64. The lowest BCUT2D eigenvalue weighted by Crippen LogP contribution is -2.38. The lowest BCUT2D eigenvalue weighted by molar-refractivity contribution is 0.0915. The molecule has 1 fully saturated rings. The number of benzene rings is 1. The van der Waals surface area contributed by atoms with Gasteiger partial charge in [0.15, 0.2) is 0 Å². The lowest BCUT2D eigenvalue weighted by Gasteiger charge is -2.19. The molecule has 1 amide bonds. The maximum Gasteiger partial charge on any atom is 0.251 e. The highest BCUT2D eigenvalue weighted by Gasteiger charge is 2.28. The third-order valence-corrected chi connectivity index (χ3v) is 4.62. The summed E-state index contributed by atoms with van der Waals surface area (Å²) in [7, 11) is 0. The van der Waals surface area contributed by atoms with Crippen LogP contribution < -0.4 is 5.32 Å². The molecule has 2 unspecified atom stereocenters. The van der Waals surface area contributed by atoms with Crippen molar-refractivity contribution in [3.8, 4) is 0 Å². The van der Waals surface area contributed by atoms with Crippen molar-refractivity contribution in [2.24, 2.45) is 5.92 Å². The van der Waals surface area contributed by atoms with E-state index < -0.39 is 0 Å². The Bertz CT molecular complexity index is 461. The van der Waals surface area contributed by atoms with Crippen LogP contribution in [0.1, 0.15) is 35.2 Å². The Morgan fingerprint density at radius 3 is 2.95 bits per heavy atom. The van der Waals surface area contributed by atoms with Gasteiger partial charge in [0.25, 0.3) is 5.91 Å². The SMILES string of the molecule is CSc1ccc(C)c(C(=O)NC2CCCC2CO)c1. The summed E-state index contributed by atoms with van der Waals surface area (Å²) in [6, 6.07) is 6.08. The molecule has 4 heteroatoms. The van der Waals surface area contributed by atoms with Gasteiger partial charge in [-0.3, -0.25) is 4.79 Å². The summed E-state index contributed by atoms with van der Waals surface area (Å²) in [5, 5.41) is 12.4. The first-order valence-corrected chi connectivity index (χ1v) is 7.94. The molecule has 0 heterocycles. The van der Waals surface area contributed by atoms with E-state index >= 15 is 0 Å². The predicted octanol–water partition coefficient (Wildman–Crippen LogP) is 2.61. The van der Waals surface area contributed by atoms with Gasteiger partial charge < -0.3 is 10.4 Å². The van der Waals surface area contributed by atoms with E-state index in [1.54, 1.807) is 11.8 Å². The molecule has 0 aliphatic heterocycles. The van der Waals surface area contributed by atoms with Crippen molar-refractivity contribution in [1.82, 2.24) is 5.32 Å². The van der Waals surface area contributed by atoms with E-state index in [0.717, 1.165) is 35.3 Å². The van der Waals surface area contributed by atoms with Gasteiger partial charge in [-0.25, -0.2) is 0 Å². The van der Waals surface area contributed by atoms with Gasteiger partial charge in [0.1, 0.15) is 0 Å². The molecule has 0 spiro atoms. The number of aliphatic hydroxyl groups is 1. The number of hydrogen-bond acceptors (Lipinski definition) is 3. The van der Waals surface area contributed by atoms with Crippen molar-refractivity contribution in [2.75, 3.05) is 12.9 Å². The van der Waals surface area contributed by atoms with Crippen LogP contribution in [0, 0.1) is 12.8 Å². The second kappa shape index (κ2) is 6.44. The van der Waals surface area contributed by atoms with E-state index in [4.69, 9.17) is 0 Å². The van der Waals surface area contributed by atoms with E-state index in [2.05, 4.69) is 5.32 Å². The second-order valence-electron chi connectivity index (χ2n) is 5.13. The number of thioether (sulfide) groups is 1. The van der Waals surface area contributed by atoms with Crippen LogP contribution in [0.25, 0.3) is 0 Å². The average molecular weight is 279 g/mol. The van der Waals surface area contributed by atoms with Crippen LogP contribution in [0.2, 0.25) is 0 Å². The third-order valence-electron chi connectivity index (χ3n) is 3.90. The smallest absolute Gasteiger partial charge is 0.251 e. The zero-order chi connectivity index (χ0) is 13.8. The number of nitrogens with one attached hydrogen (secondary N) is 1. The number of carbonyl (C=O) groups is 1. The van der Waals surface area contributed by atoms with E-state index in [-0.39, 0.29) is 24.5 Å². The molecule has 2 rings (SSSR count). The monoisotopic (exact) mass is 279 g/mol. The molecule has 3 nitrogen and oxygen atoms in total. The van der Waals surface area contributed by atoms with Crippen molar-refractivity contribution in [2.45, 2.75) is 37.1 Å². The molecule has 1 saturated carbocycles. The van der Waals surface area contributed by atoms with Crippen LogP contribution in [0.4, 0.5) is 0 Å². The fourth-order valence-corrected chi connectivity index (χ4v) is 3.10. The lowest BCUT2D eigenvalue weighted by atomic mass is 10.0. The van der Waals surface area contributed by atoms with Crippen molar-refractivity contribution in [3.63, 3.8) is 0 Å². The van der Waals surface area contributed by atoms with Crippen LogP contribution in [-0.2, 0) is 0 Å². The van der Waals surface area contributed by atoms with Crippen molar-refractivity contribution < 1.29 is 9.90 Å². The molecule has 0 aromatic heterocycles. The van der Waals surface area contributed by atoms with E-state index in [1.165, 1.54) is 0 Å². The highest BCUT2D eigenvalue weighted by atomic mass is 32.2. The summed E-state index contributed by atoms with van der Waals surface area (Å²) in [6.45, 7) is 2.12. The molecule has 1 aromatic rings. The van der Waals surface area contributed by atoms with Crippen LogP contribution in [0.3, 0.4) is 0 Å². The average Bonchev–Trinajstić information content (AvgIpc) is 2.86. The quantitative estimate of drug-likeness (QED) is 0.833. The topological polar surface area (TPSA) is 49.3 Å². The largest absolute Gasteiger partial charge is 0.396 e. The van der Waals surface area contributed by atoms with Crippen LogP contribution in [0.5, 0.6) is 0 Å². The van der Waals surface area contributed by atoms with Crippen LogP contribution >= 0.6 is 11.8 Å². The first-order chi connectivity index (χ1) is 9.15. The minimum Gasteiger partial charge on any atom is -0.396 e. The van der Waals surface area contributed by atoms with Crippen molar-refractivity contribution in [1.29, 1.82) is 0 Å². The van der Waals surface area contributed by atoms with Crippen molar-refractivity contribution in [3.05, 3.63) is 29.3 Å². The number of aliphatic hydroxyl groups excluding tert-OH is 1. The molecule has 0 saturated heterocycles. The highest BCUT2D eigenvalue weighted by Crippen LogP contribution is 2.26. The Hall–Kier alpha value is -1.00. The molecular formula is C15H21NO2S. The molecule has 1 aromatic carbocycles. The normalized spacial score (nSPS) is 22.5. The highest BCUT2D eigenvalue weighted by molar-refractivity contribution is 7.98. The molecule has 19 heavy (non-hydrogen) atoms. The van der Waals surface area contributed by atoms with Gasteiger partial charge in [-0.1, -0.05) is 12.5 Å². The van der Waals surface area contributed by atoms with Gasteiger partial charge >= 0.3 is 0 Å². The Labute approximate surface area is 118 Å². The predicted molar refractivity (Wildman–Crippen MR) is 78.6 cm³/mol. The van der Waals surface area contributed by atoms with Gasteiger partial charge in [-0.2, -0.15) is 0 Å². The first-order valence-electron chi connectivity index (χ1n) is 6.72. The molecule has 1 aliphatic rings. The van der Waals surface area contributed by atoms with E-state index in [0.29, 0.717) is 0 Å². The number of amides is 1. The van der Waals surface area contributed by atoms with Crippen molar-refractivity contribution >= 4 is 17.7 Å². The van der Waals surface area contributed by atoms with Gasteiger partial charge in [-0.05, 0) is 43.7 Å². The van der Waals surface area contributed by atoms with Crippen LogP contribution in [-0.4, -0.2) is 29.9 Å². The summed E-state index contributed by atoms with van der Waals surface area (Å²) < 4.78 is 0. The number of hydrogen-bond donors (Lipinski definition) is 2. The fourth-order valence-electron chi connectivity index (χ4n) is 2.66. The number of aryl methyl sites for hydroxylation is 1. The summed E-state index contributed by atoms with van der Waals surface area (Å²) in [4.78, 5) is 13.4. The summed E-state index contributed by atoms with van der Waals surface area (Å²) in [5.41, 5.74) is 1.74. The molecule has 104 valence electrons. The molecule has 0 bridgehead atoms. The second-order valence-corrected chi connectivity index (χ2v) is 6.01. The Morgan fingerprint density at radius 2 is 2.26 bits per heavy atom. The standard InChI is InChI=1S/C15H21NO2S/c1-10-6-7-12(19-2)8-13(10)15(18)16-14-5-3-4-11(14)9-17/h6-8,11,14,17H,3-5,9H2,1-2H3,(H,16,18). The minimum atomic E-state index is -0.0150. The van der Waals surface area contributed by atoms with Gasteiger partial charge in [0, 0.05) is 29.0 Å². The molecule has 2 N–H and O–H groups in total. The van der Waals surface area contributed by atoms with Gasteiger partial charge in [0.05, 0.1) is 0 Å². The summed E-state index contributed by atoms with van der Waals surface area (Å²) in [5.74, 6) is 0.201. The minimum absolute atomic E-state index is 0.0150. The van der Waals surface area contributed by atoms with E-state index in [1.807, 2.05) is 31.4 Å². The number of carbonyl (C=O) groups excluding carboxylic acids is 1. The first kappa shape index (κ1) is 14.4. The van der Waals surface area contributed by atoms with Gasteiger partial charge in [0.2, 0.25) is 0 Å². The van der Waals surface area contributed by atoms with Gasteiger partial charge in [-0.15, -0.1) is 11.8 Å². The molecule has 2 atom stereocenters. The zero-order valence-corrected chi connectivity index (χ0v) is 12.3. The third kappa shape index (κ3) is 3.31. The Morgan fingerprint density at radius 1 is 1.47 bits per heavy atom.